The lowest BCUT2D eigenvalue weighted by Gasteiger charge is -2.29. The molecule has 0 aromatic carbocycles. The lowest BCUT2D eigenvalue weighted by atomic mass is 9.99. The average Bonchev–Trinajstić information content (AvgIpc) is 2.37. The van der Waals surface area contributed by atoms with E-state index in [1.54, 1.807) is 0 Å². The molecule has 0 spiro atoms. The Balaban J connectivity index is 0. The van der Waals surface area contributed by atoms with Crippen molar-refractivity contribution in [3.05, 3.63) is 0 Å². The lowest BCUT2D eigenvalue weighted by Crippen LogP contribution is -2.29. The Labute approximate surface area is 126 Å². The Morgan fingerprint density at radius 1 is 0.800 bits per heavy atom. The fourth-order valence-electron chi connectivity index (χ4n) is 1.91. The van der Waals surface area contributed by atoms with Gasteiger partial charge >= 0.3 is 0 Å². The van der Waals surface area contributed by atoms with E-state index < -0.39 is 6.10 Å². The molecule has 3 unspecified atom stereocenters. The molecule has 0 aliphatic rings. The first-order chi connectivity index (χ1) is 9.29. The zero-order valence-corrected chi connectivity index (χ0v) is 14.7. The van der Waals surface area contributed by atoms with E-state index in [2.05, 4.69) is 41.5 Å². The molecular formula is C17H38O3. The molecule has 3 nitrogen and oxygen atoms in total. The van der Waals surface area contributed by atoms with Crippen molar-refractivity contribution in [2.75, 3.05) is 6.61 Å². The maximum atomic E-state index is 8.11. The van der Waals surface area contributed by atoms with Gasteiger partial charge in [0.1, 0.15) is 0 Å². The van der Waals surface area contributed by atoms with Gasteiger partial charge in [-0.1, -0.05) is 54.4 Å². The van der Waals surface area contributed by atoms with Gasteiger partial charge in [0.15, 0.2) is 0 Å². The van der Waals surface area contributed by atoms with E-state index in [-0.39, 0.29) is 6.61 Å². The molecule has 0 bridgehead atoms. The molecule has 0 aliphatic heterocycles. The predicted molar refractivity (Wildman–Crippen MR) is 86.9 cm³/mol. The minimum Gasteiger partial charge on any atom is -0.394 e. The van der Waals surface area contributed by atoms with E-state index in [1.807, 2.05) is 0 Å². The standard InChI is InChI=1S/C14H30O.C3H8O2/c1-7-9-13(11(3)4)15-14(10-8-2)12(5)6;1-3(5)2-4/h11-14H,7-10H2,1-6H3;3-5H,2H2,1H3. The van der Waals surface area contributed by atoms with Crippen LogP contribution in [0.15, 0.2) is 0 Å². The summed E-state index contributed by atoms with van der Waals surface area (Å²) in [5.74, 6) is 1.28. The Morgan fingerprint density at radius 2 is 1.10 bits per heavy atom. The first kappa shape index (κ1) is 22.2. The van der Waals surface area contributed by atoms with Crippen LogP contribution < -0.4 is 0 Å². The number of aliphatic hydroxyl groups is 2. The summed E-state index contributed by atoms with van der Waals surface area (Å²) in [6.45, 7) is 14.9. The van der Waals surface area contributed by atoms with Crippen LogP contribution in [-0.4, -0.2) is 35.1 Å². The summed E-state index contributed by atoms with van der Waals surface area (Å²) in [4.78, 5) is 0. The van der Waals surface area contributed by atoms with Crippen LogP contribution in [0.2, 0.25) is 0 Å². The quantitative estimate of drug-likeness (QED) is 0.674. The molecule has 0 saturated heterocycles. The van der Waals surface area contributed by atoms with Crippen molar-refractivity contribution in [3.63, 3.8) is 0 Å². The van der Waals surface area contributed by atoms with Gasteiger partial charge in [0, 0.05) is 0 Å². The summed E-state index contributed by atoms with van der Waals surface area (Å²) in [5.41, 5.74) is 0. The SMILES string of the molecule is CC(O)CO.CCCC(OC(CCC)C(C)C)C(C)C. The number of hydrogen-bond acceptors (Lipinski definition) is 3. The van der Waals surface area contributed by atoms with Crippen molar-refractivity contribution in [2.45, 2.75) is 92.5 Å². The number of ether oxygens (including phenoxy) is 1. The van der Waals surface area contributed by atoms with Gasteiger partial charge in [-0.3, -0.25) is 0 Å². The average molecular weight is 290 g/mol. The van der Waals surface area contributed by atoms with E-state index in [9.17, 15) is 0 Å². The van der Waals surface area contributed by atoms with Crippen LogP contribution in [0, 0.1) is 11.8 Å². The van der Waals surface area contributed by atoms with Gasteiger partial charge in [0.05, 0.1) is 24.9 Å². The lowest BCUT2D eigenvalue weighted by molar-refractivity contribution is -0.0636. The number of aliphatic hydroxyl groups excluding tert-OH is 2. The highest BCUT2D eigenvalue weighted by Crippen LogP contribution is 2.21. The number of hydrogen-bond donors (Lipinski definition) is 2. The molecule has 0 rings (SSSR count). The van der Waals surface area contributed by atoms with Gasteiger partial charge in [-0.2, -0.15) is 0 Å². The Morgan fingerprint density at radius 3 is 1.25 bits per heavy atom. The van der Waals surface area contributed by atoms with Crippen LogP contribution in [-0.2, 0) is 4.74 Å². The van der Waals surface area contributed by atoms with E-state index in [0.717, 1.165) is 0 Å². The van der Waals surface area contributed by atoms with Crippen molar-refractivity contribution >= 4 is 0 Å². The topological polar surface area (TPSA) is 49.7 Å². The molecule has 2 N–H and O–H groups in total. The van der Waals surface area contributed by atoms with E-state index in [1.165, 1.54) is 32.6 Å². The van der Waals surface area contributed by atoms with Gasteiger partial charge in [0.25, 0.3) is 0 Å². The second kappa shape index (κ2) is 13.8. The van der Waals surface area contributed by atoms with Crippen LogP contribution in [0.25, 0.3) is 0 Å². The third-order valence-corrected chi connectivity index (χ3v) is 3.25. The highest BCUT2D eigenvalue weighted by molar-refractivity contribution is 4.68. The van der Waals surface area contributed by atoms with Gasteiger partial charge in [-0.05, 0) is 31.6 Å². The fourth-order valence-corrected chi connectivity index (χ4v) is 1.91. The molecule has 3 atom stereocenters. The molecule has 20 heavy (non-hydrogen) atoms. The first-order valence-corrected chi connectivity index (χ1v) is 8.24. The molecule has 0 saturated carbocycles. The minimum absolute atomic E-state index is 0.139. The number of rotatable bonds is 9. The van der Waals surface area contributed by atoms with Gasteiger partial charge in [-0.25, -0.2) is 0 Å². The third kappa shape index (κ3) is 12.9. The van der Waals surface area contributed by atoms with Crippen LogP contribution in [0.4, 0.5) is 0 Å². The first-order valence-electron chi connectivity index (χ1n) is 8.24. The summed E-state index contributed by atoms with van der Waals surface area (Å²) >= 11 is 0. The largest absolute Gasteiger partial charge is 0.394 e. The maximum Gasteiger partial charge on any atom is 0.0742 e. The van der Waals surface area contributed by atoms with Crippen LogP contribution in [0.1, 0.15) is 74.1 Å². The van der Waals surface area contributed by atoms with Crippen molar-refractivity contribution in [1.29, 1.82) is 0 Å². The van der Waals surface area contributed by atoms with Crippen LogP contribution >= 0.6 is 0 Å². The van der Waals surface area contributed by atoms with Crippen molar-refractivity contribution in [1.82, 2.24) is 0 Å². The summed E-state index contributed by atoms with van der Waals surface area (Å²) in [6, 6.07) is 0. The Kier molecular flexibility index (Phi) is 15.3. The monoisotopic (exact) mass is 290 g/mol. The normalized spacial score (nSPS) is 15.8. The predicted octanol–water partition coefficient (Wildman–Crippen LogP) is 4.01. The second-order valence-electron chi connectivity index (χ2n) is 6.31. The molecule has 0 radical (unpaired) electrons. The molecule has 3 heteroatoms. The van der Waals surface area contributed by atoms with Crippen LogP contribution in [0.3, 0.4) is 0 Å². The van der Waals surface area contributed by atoms with Crippen molar-refractivity contribution in [2.24, 2.45) is 11.8 Å². The smallest absolute Gasteiger partial charge is 0.0742 e. The molecule has 0 fully saturated rings. The molecule has 0 aromatic rings. The summed E-state index contributed by atoms with van der Waals surface area (Å²) in [6.07, 6.45) is 5.19. The molecule has 0 heterocycles. The second-order valence-corrected chi connectivity index (χ2v) is 6.31. The fraction of sp³-hybridized carbons (Fsp3) is 1.00. The molecule has 0 aliphatic carbocycles. The van der Waals surface area contributed by atoms with Gasteiger partial charge < -0.3 is 14.9 Å². The van der Waals surface area contributed by atoms with E-state index >= 15 is 0 Å². The van der Waals surface area contributed by atoms with Gasteiger partial charge in [-0.15, -0.1) is 0 Å². The molecule has 124 valence electrons. The minimum atomic E-state index is -0.560. The van der Waals surface area contributed by atoms with Gasteiger partial charge in [0.2, 0.25) is 0 Å². The highest BCUT2D eigenvalue weighted by atomic mass is 16.5. The Hall–Kier alpha value is -0.120. The molecule has 0 aromatic heterocycles. The van der Waals surface area contributed by atoms with E-state index in [0.29, 0.717) is 24.0 Å². The Bertz CT molecular complexity index is 175. The summed E-state index contributed by atoms with van der Waals surface area (Å²) in [5, 5.41) is 16.0. The molecular weight excluding hydrogens is 252 g/mol. The molecule has 0 amide bonds. The van der Waals surface area contributed by atoms with Crippen molar-refractivity contribution in [3.8, 4) is 0 Å². The zero-order chi connectivity index (χ0) is 16.1. The third-order valence-electron chi connectivity index (χ3n) is 3.25. The summed E-state index contributed by atoms with van der Waals surface area (Å²) in [7, 11) is 0. The zero-order valence-electron chi connectivity index (χ0n) is 14.7. The van der Waals surface area contributed by atoms with Crippen LogP contribution in [0.5, 0.6) is 0 Å². The summed E-state index contributed by atoms with van der Waals surface area (Å²) < 4.78 is 6.25. The van der Waals surface area contributed by atoms with Crippen molar-refractivity contribution < 1.29 is 14.9 Å². The van der Waals surface area contributed by atoms with E-state index in [4.69, 9.17) is 14.9 Å². The highest BCUT2D eigenvalue weighted by Gasteiger charge is 2.20. The maximum absolute atomic E-state index is 8.11.